The minimum atomic E-state index is -1.52. The van der Waals surface area contributed by atoms with Crippen LogP contribution in [0.5, 0.6) is 0 Å². The highest BCUT2D eigenvalue weighted by Gasteiger charge is 2.63. The van der Waals surface area contributed by atoms with Gasteiger partial charge >= 0.3 is 0 Å². The minimum Gasteiger partial charge on any atom is -0.0930 e. The molecule has 8 bridgehead atoms. The molecule has 0 heterocycles. The molecule has 9 rings (SSSR count). The molecule has 0 nitrogen and oxygen atoms in total. The molecule has 0 spiro atoms. The van der Waals surface area contributed by atoms with Gasteiger partial charge in [0.05, 0.1) is 16.1 Å². The Hall–Kier alpha value is 0.514. The molecule has 4 heteroatoms. The minimum absolute atomic E-state index is 0.0275. The molecule has 0 aliphatic heterocycles. The fourth-order valence-corrected chi connectivity index (χ4v) is 25.5. The highest BCUT2D eigenvalue weighted by Crippen LogP contribution is 2.79. The summed E-state index contributed by atoms with van der Waals surface area (Å²) in [7, 11) is -2.14. The molecular weight excluding hydrogens is 623 g/mol. The van der Waals surface area contributed by atoms with E-state index >= 15 is 0 Å². The molecule has 0 aromatic heterocycles. The van der Waals surface area contributed by atoms with Gasteiger partial charge in [-0.05, 0) is 150 Å². The second-order valence-electron chi connectivity index (χ2n) is 22.6. The second kappa shape index (κ2) is 11.5. The van der Waals surface area contributed by atoms with Crippen molar-refractivity contribution in [2.75, 3.05) is 6.16 Å². The van der Waals surface area contributed by atoms with Gasteiger partial charge in [-0.3, -0.25) is 0 Å². The van der Waals surface area contributed by atoms with Crippen molar-refractivity contribution >= 4 is 32.7 Å². The Morgan fingerprint density at radius 1 is 0.652 bits per heavy atom. The Labute approximate surface area is 291 Å². The van der Waals surface area contributed by atoms with Gasteiger partial charge in [-0.2, -0.15) is 0 Å². The van der Waals surface area contributed by atoms with Gasteiger partial charge in [-0.1, -0.05) is 120 Å². The topological polar surface area (TPSA) is 0 Å². The Kier molecular flexibility index (Phi) is 8.74. The summed E-state index contributed by atoms with van der Waals surface area (Å²) < 4.78 is 0. The van der Waals surface area contributed by atoms with Gasteiger partial charge in [0.2, 0.25) is 0 Å². The van der Waals surface area contributed by atoms with Crippen LogP contribution in [0.15, 0.2) is 33.4 Å². The molecule has 8 saturated carbocycles. The summed E-state index contributed by atoms with van der Waals surface area (Å²) in [5, 5.41) is 7.29. The maximum atomic E-state index is 3.03. The zero-order valence-corrected chi connectivity index (χ0v) is 36.2. The van der Waals surface area contributed by atoms with Crippen LogP contribution in [0.4, 0.5) is 0 Å². The Morgan fingerprint density at radius 3 is 1.33 bits per heavy atom. The van der Waals surface area contributed by atoms with Crippen LogP contribution < -0.4 is 0 Å². The molecule has 0 amide bonds. The first-order chi connectivity index (χ1) is 21.1. The highest BCUT2D eigenvalue weighted by atomic mass is 31.1. The van der Waals surface area contributed by atoms with E-state index in [1.54, 1.807) is 83.2 Å². The average molecular weight is 695 g/mol. The summed E-state index contributed by atoms with van der Waals surface area (Å²) in [6, 6.07) is 0. The fourth-order valence-electron chi connectivity index (χ4n) is 13.3. The first kappa shape index (κ1) is 34.9. The molecule has 0 radical (unpaired) electrons. The van der Waals surface area contributed by atoms with E-state index in [4.69, 9.17) is 0 Å². The van der Waals surface area contributed by atoms with Gasteiger partial charge in [0.15, 0.2) is 0 Å². The zero-order chi connectivity index (χ0) is 33.2. The molecule has 46 heavy (non-hydrogen) atoms. The third-order valence-electron chi connectivity index (χ3n) is 14.0. The predicted molar refractivity (Wildman–Crippen MR) is 214 cm³/mol. The first-order valence-corrected chi connectivity index (χ1v) is 29.4. The monoisotopic (exact) mass is 694 g/mol. The Bertz CT molecular complexity index is 1190. The second-order valence-corrected chi connectivity index (χ2v) is 38.0. The molecule has 2 atom stereocenters. The lowest BCUT2D eigenvalue weighted by Gasteiger charge is -2.68. The quantitative estimate of drug-likeness (QED) is 0.184. The van der Waals surface area contributed by atoms with Crippen LogP contribution in [-0.2, 0) is 0 Å². The summed E-state index contributed by atoms with van der Waals surface area (Å²) in [5.74, 6) is 7.10. The molecular formula is C42H72P2Si2. The molecule has 258 valence electrons. The SMILES string of the molecule is CC(C)(C)PC(=C1C=C([Si](C)(C)C)C([Si](C)(C)C)=CC1CP(C12CC3CC(CC(C3)C1)C2)C12CC3CC(CC(C3)C1)C2)C(C)(C)C. The normalized spacial score (nSPS) is 42.6. The molecule has 8 fully saturated rings. The lowest BCUT2D eigenvalue weighted by atomic mass is 9.55. The lowest BCUT2D eigenvalue weighted by Crippen LogP contribution is -2.57. The van der Waals surface area contributed by atoms with Gasteiger partial charge in [0, 0.05) is 5.92 Å². The van der Waals surface area contributed by atoms with Crippen LogP contribution in [0, 0.1) is 46.8 Å². The van der Waals surface area contributed by atoms with E-state index in [9.17, 15) is 0 Å². The summed E-state index contributed by atoms with van der Waals surface area (Å²) in [4.78, 5) is 0. The molecule has 9 aliphatic rings. The summed E-state index contributed by atoms with van der Waals surface area (Å²) >= 11 is 0. The van der Waals surface area contributed by atoms with Crippen LogP contribution >= 0.6 is 16.5 Å². The van der Waals surface area contributed by atoms with Crippen molar-refractivity contribution in [3.63, 3.8) is 0 Å². The van der Waals surface area contributed by atoms with Gasteiger partial charge in [-0.25, -0.2) is 0 Å². The van der Waals surface area contributed by atoms with Crippen LogP contribution in [0.1, 0.15) is 119 Å². The summed E-state index contributed by atoms with van der Waals surface area (Å²) in [5.41, 5.74) is 2.05. The van der Waals surface area contributed by atoms with Crippen molar-refractivity contribution in [1.29, 1.82) is 0 Å². The van der Waals surface area contributed by atoms with E-state index in [-0.39, 0.29) is 13.3 Å². The van der Waals surface area contributed by atoms with Crippen molar-refractivity contribution in [3.05, 3.63) is 33.4 Å². The van der Waals surface area contributed by atoms with Crippen molar-refractivity contribution in [3.8, 4) is 0 Å². The van der Waals surface area contributed by atoms with Gasteiger partial charge < -0.3 is 0 Å². The molecule has 0 aromatic rings. The van der Waals surface area contributed by atoms with Crippen LogP contribution in [0.25, 0.3) is 0 Å². The van der Waals surface area contributed by atoms with Crippen molar-refractivity contribution in [1.82, 2.24) is 0 Å². The number of hydrogen-bond acceptors (Lipinski definition) is 0. The maximum Gasteiger partial charge on any atom is 0.0774 e. The molecule has 0 aromatic carbocycles. The highest BCUT2D eigenvalue weighted by molar-refractivity contribution is 7.61. The Balaban J connectivity index is 1.40. The smallest absolute Gasteiger partial charge is 0.0774 e. The van der Waals surface area contributed by atoms with E-state index < -0.39 is 16.1 Å². The van der Waals surface area contributed by atoms with E-state index in [0.29, 0.717) is 21.4 Å². The molecule has 0 saturated heterocycles. The first-order valence-electron chi connectivity index (χ1n) is 19.9. The third-order valence-corrected chi connectivity index (χ3v) is 24.6. The van der Waals surface area contributed by atoms with Gasteiger partial charge in [-0.15, -0.1) is 0 Å². The standard InChI is InChI=1S/C42H72P2Si2/c1-39(2,3)38(43-40(4,5)6)35-20-37(46(10,11)12)36(45(7,8)9)19-34(35)27-44(41-21-28-13-29(22-41)15-30(14-28)23-41)42-24-31-16-32(25-42)18-33(17-31)26-42/h19-20,28-34,43H,13-18,21-27H2,1-12H3. The fraction of sp³-hybridized carbons (Fsp3) is 0.857. The van der Waals surface area contributed by atoms with E-state index in [1.807, 2.05) is 21.3 Å². The van der Waals surface area contributed by atoms with E-state index in [0.717, 1.165) is 44.1 Å². The third kappa shape index (κ3) is 6.54. The van der Waals surface area contributed by atoms with Crippen molar-refractivity contribution in [2.24, 2.45) is 46.8 Å². The van der Waals surface area contributed by atoms with Crippen LogP contribution in [-0.4, -0.2) is 37.8 Å². The van der Waals surface area contributed by atoms with E-state index in [2.05, 4.69) is 93.0 Å². The maximum absolute atomic E-state index is 3.03. The average Bonchev–Trinajstić information content (AvgIpc) is 2.86. The largest absolute Gasteiger partial charge is 0.0930 e. The molecule has 2 unspecified atom stereocenters. The van der Waals surface area contributed by atoms with Crippen molar-refractivity contribution in [2.45, 2.75) is 173 Å². The predicted octanol–water partition coefficient (Wildman–Crippen LogP) is 13.4. The Morgan fingerprint density at radius 2 is 1.02 bits per heavy atom. The van der Waals surface area contributed by atoms with Gasteiger partial charge in [0.25, 0.3) is 0 Å². The molecule has 0 N–H and O–H groups in total. The van der Waals surface area contributed by atoms with Gasteiger partial charge in [0.1, 0.15) is 0 Å². The molecule has 9 aliphatic carbocycles. The number of rotatable bonds is 7. The number of hydrogen-bond donors (Lipinski definition) is 0. The lowest BCUT2D eigenvalue weighted by molar-refractivity contribution is 0.0184. The van der Waals surface area contributed by atoms with Crippen LogP contribution in [0.2, 0.25) is 39.3 Å². The summed E-state index contributed by atoms with van der Waals surface area (Å²) in [6.45, 7) is 31.2. The zero-order valence-electron chi connectivity index (χ0n) is 32.3. The van der Waals surface area contributed by atoms with Crippen molar-refractivity contribution < 1.29 is 0 Å². The summed E-state index contributed by atoms with van der Waals surface area (Å²) in [6.07, 6.45) is 26.9. The van der Waals surface area contributed by atoms with E-state index in [1.165, 1.54) is 0 Å². The number of allylic oxidation sites excluding steroid dienone is 6. The van der Waals surface area contributed by atoms with Crippen LogP contribution in [0.3, 0.4) is 0 Å².